The van der Waals surface area contributed by atoms with Crippen molar-refractivity contribution in [2.45, 2.75) is 0 Å². The molecule has 0 aliphatic rings. The second-order valence-corrected chi connectivity index (χ2v) is 1.81. The average molecular weight is 118 g/mol. The minimum Gasteiger partial charge on any atom is -0.152 e. The summed E-state index contributed by atoms with van der Waals surface area (Å²) in [7, 11) is 0. The van der Waals surface area contributed by atoms with Crippen LogP contribution in [0.25, 0.3) is 0 Å². The molecule has 34 valence electrons. The highest BCUT2D eigenvalue weighted by atomic mass is 32.2. The minimum absolute atomic E-state index is 0.892. The predicted octanol–water partition coefficient (Wildman–Crippen LogP) is 1.24. The van der Waals surface area contributed by atoms with Gasteiger partial charge in [-0.1, -0.05) is 18.5 Å². The van der Waals surface area contributed by atoms with Gasteiger partial charge >= 0.3 is 0 Å². The molecule has 0 fully saturated rings. The van der Waals surface area contributed by atoms with Crippen molar-refractivity contribution in [1.29, 1.82) is 0 Å². The maximum Gasteiger partial charge on any atom is 0.0553 e. The van der Waals surface area contributed by atoms with Crippen LogP contribution in [0, 0.1) is 11.2 Å². The first-order chi connectivity index (χ1) is 2.91. The van der Waals surface area contributed by atoms with E-state index in [2.05, 4.69) is 23.8 Å². The molecule has 0 aromatic carbocycles. The van der Waals surface area contributed by atoms with Crippen LogP contribution in [0.5, 0.6) is 0 Å². The molecule has 0 aromatic heterocycles. The Balaban J connectivity index is 2.79. The molecule has 0 aliphatic heterocycles. The van der Waals surface area contributed by atoms with Gasteiger partial charge in [-0.15, -0.1) is 0 Å². The van der Waals surface area contributed by atoms with E-state index in [9.17, 15) is 0 Å². The summed E-state index contributed by atoms with van der Waals surface area (Å²) in [6.07, 6.45) is 2.01. The highest BCUT2D eigenvalue weighted by Gasteiger charge is 1.63. The molecule has 2 heteroatoms. The summed E-state index contributed by atoms with van der Waals surface area (Å²) in [4.78, 5) is 0. The van der Waals surface area contributed by atoms with Crippen LogP contribution in [0.3, 0.4) is 0 Å². The molecule has 6 heavy (non-hydrogen) atoms. The maximum absolute atomic E-state index is 3.68. The van der Waals surface area contributed by atoms with Gasteiger partial charge in [0.05, 0.1) is 5.75 Å². The molecule has 0 unspecified atom stereocenters. The lowest BCUT2D eigenvalue weighted by Gasteiger charge is -1.72. The van der Waals surface area contributed by atoms with E-state index in [0.717, 1.165) is 5.75 Å². The van der Waals surface area contributed by atoms with Crippen LogP contribution >= 0.6 is 24.4 Å². The van der Waals surface area contributed by atoms with E-state index >= 15 is 0 Å². The Morgan fingerprint density at radius 1 is 1.83 bits per heavy atom. The monoisotopic (exact) mass is 118 g/mol. The maximum atomic E-state index is 3.68. The number of thioether (sulfide) groups is 1. The van der Waals surface area contributed by atoms with Crippen LogP contribution in [0.4, 0.5) is 0 Å². The molecule has 0 rings (SSSR count). The molecular weight excluding hydrogens is 112 g/mol. The molecule has 0 N–H and O–H groups in total. The van der Waals surface area contributed by atoms with E-state index < -0.39 is 0 Å². The number of hydrogen-bond donors (Lipinski definition) is 1. The van der Waals surface area contributed by atoms with E-state index in [1.165, 1.54) is 0 Å². The largest absolute Gasteiger partial charge is 0.152 e. The third kappa shape index (κ3) is 4.26. The zero-order chi connectivity index (χ0) is 4.83. The number of thiol groups is 1. The fourth-order valence-corrected chi connectivity index (χ4v) is 0.507. The molecule has 0 amide bonds. The average Bonchev–Trinajstić information content (AvgIpc) is 1.61. The van der Waals surface area contributed by atoms with Gasteiger partial charge in [-0.25, -0.2) is 0 Å². The summed E-state index contributed by atoms with van der Waals surface area (Å²) in [5.41, 5.74) is 0. The fraction of sp³-hybridized carbons (Fsp3) is 0.500. The molecule has 0 nitrogen and oxygen atoms in total. The predicted molar refractivity (Wildman–Crippen MR) is 35.1 cm³/mol. The first kappa shape index (κ1) is 6.26. The van der Waals surface area contributed by atoms with Gasteiger partial charge in [-0.2, -0.15) is 11.8 Å². The van der Waals surface area contributed by atoms with Gasteiger partial charge in [0.15, 0.2) is 0 Å². The van der Waals surface area contributed by atoms with Crippen LogP contribution in [-0.4, -0.2) is 12.0 Å². The van der Waals surface area contributed by atoms with Gasteiger partial charge in [-0.3, -0.25) is 0 Å². The third-order valence-corrected chi connectivity index (χ3v) is 0.887. The Bertz CT molecular complexity index is 67.4. The first-order valence-electron chi connectivity index (χ1n) is 1.52. The topological polar surface area (TPSA) is 0 Å². The van der Waals surface area contributed by atoms with Crippen molar-refractivity contribution in [2.75, 3.05) is 12.0 Å². The summed E-state index contributed by atoms with van der Waals surface area (Å²) in [5, 5.41) is 2.49. The Labute approximate surface area is 48.1 Å². The summed E-state index contributed by atoms with van der Waals surface area (Å²) < 4.78 is 0. The lowest BCUT2D eigenvalue weighted by atomic mass is 10.8. The summed E-state index contributed by atoms with van der Waals surface area (Å²) >= 11 is 5.38. The fourth-order valence-electron chi connectivity index (χ4n) is 0.104. The van der Waals surface area contributed by atoms with Crippen molar-refractivity contribution in [1.82, 2.24) is 0 Å². The molecule has 0 aliphatic carbocycles. The van der Waals surface area contributed by atoms with Crippen LogP contribution in [0.15, 0.2) is 0 Å². The van der Waals surface area contributed by atoms with E-state index in [4.69, 9.17) is 0 Å². The van der Waals surface area contributed by atoms with Gasteiger partial charge in [0, 0.05) is 0 Å². The molecule has 0 saturated carbocycles. The molecule has 0 heterocycles. The quantitative estimate of drug-likeness (QED) is 0.399. The van der Waals surface area contributed by atoms with Crippen molar-refractivity contribution < 1.29 is 0 Å². The van der Waals surface area contributed by atoms with Gasteiger partial charge in [0.1, 0.15) is 0 Å². The smallest absolute Gasteiger partial charge is 0.0553 e. The van der Waals surface area contributed by atoms with Crippen LogP contribution in [0.2, 0.25) is 0 Å². The van der Waals surface area contributed by atoms with Crippen molar-refractivity contribution in [3.63, 3.8) is 0 Å². The second kappa shape index (κ2) is 5.26. The Morgan fingerprint density at radius 2 is 2.50 bits per heavy atom. The zero-order valence-corrected chi connectivity index (χ0v) is 5.27. The van der Waals surface area contributed by atoms with Crippen LogP contribution in [-0.2, 0) is 0 Å². The molecule has 0 radical (unpaired) electrons. The first-order valence-corrected chi connectivity index (χ1v) is 3.37. The van der Waals surface area contributed by atoms with Crippen molar-refractivity contribution in [3.8, 4) is 11.2 Å². The normalized spacial score (nSPS) is 6.33. The van der Waals surface area contributed by atoms with Crippen molar-refractivity contribution in [2.24, 2.45) is 0 Å². The van der Waals surface area contributed by atoms with E-state index in [0.29, 0.717) is 0 Å². The molecule has 0 spiro atoms. The second-order valence-electron chi connectivity index (χ2n) is 0.722. The SMILES string of the molecule is CSCC#CS. The van der Waals surface area contributed by atoms with Crippen molar-refractivity contribution in [3.05, 3.63) is 0 Å². The number of rotatable bonds is 1. The van der Waals surface area contributed by atoms with Gasteiger partial charge in [0.25, 0.3) is 0 Å². The Morgan fingerprint density at radius 3 is 2.67 bits per heavy atom. The lowest BCUT2D eigenvalue weighted by Crippen LogP contribution is -1.61. The molecule has 0 bridgehead atoms. The lowest BCUT2D eigenvalue weighted by molar-refractivity contribution is 1.95. The van der Waals surface area contributed by atoms with Gasteiger partial charge in [0.2, 0.25) is 0 Å². The van der Waals surface area contributed by atoms with Crippen LogP contribution < -0.4 is 0 Å². The Hall–Kier alpha value is 0.260. The minimum atomic E-state index is 0.892. The number of hydrogen-bond acceptors (Lipinski definition) is 2. The Kier molecular flexibility index (Phi) is 5.49. The molecule has 0 atom stereocenters. The van der Waals surface area contributed by atoms with Gasteiger partial charge < -0.3 is 0 Å². The van der Waals surface area contributed by atoms with E-state index in [1.807, 2.05) is 6.26 Å². The summed E-state index contributed by atoms with van der Waals surface area (Å²) in [6.45, 7) is 0. The molecule has 0 saturated heterocycles. The summed E-state index contributed by atoms with van der Waals surface area (Å²) in [6, 6.07) is 0. The third-order valence-electron chi connectivity index (χ3n) is 0.296. The highest BCUT2D eigenvalue weighted by Crippen LogP contribution is 1.85. The zero-order valence-electron chi connectivity index (χ0n) is 3.56. The standard InChI is InChI=1S/C4H6S2/c1-6-4-2-3-5/h5H,4H2,1H3. The molecule has 0 aromatic rings. The highest BCUT2D eigenvalue weighted by molar-refractivity contribution is 7.98. The van der Waals surface area contributed by atoms with Crippen LogP contribution in [0.1, 0.15) is 0 Å². The molecular formula is C4H6S2. The van der Waals surface area contributed by atoms with E-state index in [1.54, 1.807) is 11.8 Å². The summed E-state index contributed by atoms with van der Waals surface area (Å²) in [5.74, 6) is 3.67. The van der Waals surface area contributed by atoms with E-state index in [-0.39, 0.29) is 0 Å². The van der Waals surface area contributed by atoms with Crippen molar-refractivity contribution >= 4 is 24.4 Å². The van der Waals surface area contributed by atoms with Gasteiger partial charge in [-0.05, 0) is 11.5 Å².